The van der Waals surface area contributed by atoms with Crippen LogP contribution in [-0.4, -0.2) is 53.7 Å². The van der Waals surface area contributed by atoms with Crippen LogP contribution < -0.4 is 0 Å². The highest BCUT2D eigenvalue weighted by molar-refractivity contribution is 7.99. The zero-order valence-corrected chi connectivity index (χ0v) is 20.6. The fourth-order valence-corrected chi connectivity index (χ4v) is 8.85. The van der Waals surface area contributed by atoms with E-state index in [9.17, 15) is 9.59 Å². The van der Waals surface area contributed by atoms with E-state index in [-0.39, 0.29) is 42.7 Å². The molecule has 1 aromatic rings. The molecule has 0 N–H and O–H groups in total. The van der Waals surface area contributed by atoms with E-state index < -0.39 is 19.9 Å². The van der Waals surface area contributed by atoms with E-state index in [4.69, 9.17) is 18.3 Å². The number of carbonyl (C=O) groups is 2. The van der Waals surface area contributed by atoms with Gasteiger partial charge in [-0.3, -0.25) is 9.59 Å². The maximum absolute atomic E-state index is 13.1. The van der Waals surface area contributed by atoms with Crippen LogP contribution in [0.15, 0.2) is 35.2 Å². The zero-order valence-electron chi connectivity index (χ0n) is 18.8. The van der Waals surface area contributed by atoms with Crippen molar-refractivity contribution in [2.45, 2.75) is 50.1 Å². The molecule has 1 aliphatic heterocycles. The lowest BCUT2D eigenvalue weighted by Gasteiger charge is -2.44. The molecule has 1 aliphatic rings. The largest absolute Gasteiger partial charge is 0.469 e. The second kappa shape index (κ2) is 10.8. The Kier molecular flexibility index (Phi) is 8.96. The van der Waals surface area contributed by atoms with E-state index in [0.717, 1.165) is 4.90 Å². The van der Waals surface area contributed by atoms with Gasteiger partial charge in [-0.05, 0) is 29.6 Å². The summed E-state index contributed by atoms with van der Waals surface area (Å²) in [5.41, 5.74) is -0.656. The summed E-state index contributed by atoms with van der Waals surface area (Å²) < 4.78 is 23.1. The lowest BCUT2D eigenvalue weighted by Crippen LogP contribution is -2.56. The molecule has 0 radical (unpaired) electrons. The quantitative estimate of drug-likeness (QED) is 0.343. The highest BCUT2D eigenvalue weighted by atomic mass is 32.2. The number of methoxy groups -OCH3 is 2. The predicted molar refractivity (Wildman–Crippen MR) is 120 cm³/mol. The molecule has 0 aromatic heterocycles. The average molecular weight is 455 g/mol. The van der Waals surface area contributed by atoms with Crippen molar-refractivity contribution in [1.82, 2.24) is 0 Å². The molecule has 6 nitrogen and oxygen atoms in total. The second-order valence-corrected chi connectivity index (χ2v) is 13.8. The molecule has 168 valence electrons. The number of esters is 2. The van der Waals surface area contributed by atoms with Crippen LogP contribution in [0.25, 0.3) is 0 Å². The standard InChI is InChI=1S/C22H34O6SSi/c1-16(2)30(17(3)4)27-13-18(20(23)25-5)12-22(14-28-30,21(24)26-6)15-29-19-10-8-7-9-11-19/h7-11,16-18H,12-15H2,1-6H3/t18-,22+/m0/s1. The Balaban J connectivity index is 2.44. The first-order valence-electron chi connectivity index (χ1n) is 10.3. The molecule has 8 heteroatoms. The number of ether oxygens (including phenoxy) is 2. The molecule has 1 saturated heterocycles. The van der Waals surface area contributed by atoms with Gasteiger partial charge < -0.3 is 18.3 Å². The molecule has 1 heterocycles. The Morgan fingerprint density at radius 2 is 1.73 bits per heavy atom. The number of rotatable bonds is 7. The van der Waals surface area contributed by atoms with Gasteiger partial charge in [0.05, 0.1) is 26.7 Å². The van der Waals surface area contributed by atoms with E-state index in [0.29, 0.717) is 5.75 Å². The predicted octanol–water partition coefficient (Wildman–Crippen LogP) is 4.43. The Hall–Kier alpha value is -1.35. The van der Waals surface area contributed by atoms with Crippen molar-refractivity contribution in [3.8, 4) is 0 Å². The summed E-state index contributed by atoms with van der Waals surface area (Å²) in [6, 6.07) is 9.88. The fraction of sp³-hybridized carbons (Fsp3) is 0.636. The van der Waals surface area contributed by atoms with Gasteiger partial charge in [0.25, 0.3) is 0 Å². The fourth-order valence-electron chi connectivity index (χ4n) is 4.02. The van der Waals surface area contributed by atoms with E-state index in [1.165, 1.54) is 14.2 Å². The van der Waals surface area contributed by atoms with Crippen LogP contribution in [0, 0.1) is 11.3 Å². The minimum Gasteiger partial charge on any atom is -0.469 e. The molecule has 0 bridgehead atoms. The van der Waals surface area contributed by atoms with Gasteiger partial charge in [-0.15, -0.1) is 11.8 Å². The van der Waals surface area contributed by atoms with E-state index >= 15 is 0 Å². The van der Waals surface area contributed by atoms with Crippen molar-refractivity contribution in [1.29, 1.82) is 0 Å². The van der Waals surface area contributed by atoms with Crippen molar-refractivity contribution in [2.24, 2.45) is 11.3 Å². The third-order valence-electron chi connectivity index (χ3n) is 5.74. The SMILES string of the molecule is COC(=O)[C@@H]1CO[Si](C(C)C)(C(C)C)OC[C@](CSc2ccccc2)(C(=O)OC)C1. The van der Waals surface area contributed by atoms with Gasteiger partial charge in [0, 0.05) is 17.3 Å². The van der Waals surface area contributed by atoms with Gasteiger partial charge in [0.15, 0.2) is 0 Å². The number of hydrogen-bond donors (Lipinski definition) is 0. The van der Waals surface area contributed by atoms with Crippen LogP contribution in [0.5, 0.6) is 0 Å². The summed E-state index contributed by atoms with van der Waals surface area (Å²) in [7, 11) is 0.0500. The number of benzene rings is 1. The minimum absolute atomic E-state index is 0.158. The summed E-state index contributed by atoms with van der Waals surface area (Å²) in [6.07, 6.45) is 0.257. The Labute approximate surface area is 185 Å². The normalized spacial score (nSPS) is 24.2. The second-order valence-electron chi connectivity index (χ2n) is 8.43. The van der Waals surface area contributed by atoms with Crippen LogP contribution in [0.3, 0.4) is 0 Å². The van der Waals surface area contributed by atoms with Gasteiger partial charge in [-0.25, -0.2) is 0 Å². The van der Waals surface area contributed by atoms with Gasteiger partial charge >= 0.3 is 20.5 Å². The molecule has 0 amide bonds. The number of hydrogen-bond acceptors (Lipinski definition) is 7. The molecule has 2 rings (SSSR count). The molecule has 1 aromatic carbocycles. The molecule has 0 aliphatic carbocycles. The van der Waals surface area contributed by atoms with Gasteiger partial charge in [-0.1, -0.05) is 45.9 Å². The Morgan fingerprint density at radius 3 is 2.27 bits per heavy atom. The molecule has 0 unspecified atom stereocenters. The third kappa shape index (κ3) is 5.46. The zero-order chi connectivity index (χ0) is 22.4. The van der Waals surface area contributed by atoms with Crippen LogP contribution in [0.2, 0.25) is 11.1 Å². The Bertz CT molecular complexity index is 703. The number of thioether (sulfide) groups is 1. The summed E-state index contributed by atoms with van der Waals surface area (Å²) in [6.45, 7) is 8.68. The summed E-state index contributed by atoms with van der Waals surface area (Å²) in [4.78, 5) is 26.7. The van der Waals surface area contributed by atoms with Crippen molar-refractivity contribution in [2.75, 3.05) is 33.2 Å². The van der Waals surface area contributed by atoms with Crippen LogP contribution >= 0.6 is 11.8 Å². The first kappa shape index (κ1) is 24.9. The molecule has 1 fully saturated rings. The van der Waals surface area contributed by atoms with Gasteiger partial charge in [0.1, 0.15) is 5.41 Å². The molecule has 2 atom stereocenters. The van der Waals surface area contributed by atoms with Crippen LogP contribution in [-0.2, 0) is 27.9 Å². The van der Waals surface area contributed by atoms with E-state index in [1.54, 1.807) is 11.8 Å². The third-order valence-corrected chi connectivity index (χ3v) is 11.5. The highest BCUT2D eigenvalue weighted by Gasteiger charge is 2.53. The average Bonchev–Trinajstić information content (AvgIpc) is 2.73. The molecule has 30 heavy (non-hydrogen) atoms. The maximum Gasteiger partial charge on any atom is 0.343 e. The lowest BCUT2D eigenvalue weighted by molar-refractivity contribution is -0.160. The van der Waals surface area contributed by atoms with E-state index in [2.05, 4.69) is 27.7 Å². The monoisotopic (exact) mass is 454 g/mol. The van der Waals surface area contributed by atoms with Crippen LogP contribution in [0.4, 0.5) is 0 Å². The van der Waals surface area contributed by atoms with Crippen molar-refractivity contribution in [3.05, 3.63) is 30.3 Å². The highest BCUT2D eigenvalue weighted by Crippen LogP contribution is 2.43. The molecule has 0 saturated carbocycles. The van der Waals surface area contributed by atoms with Gasteiger partial charge in [0.2, 0.25) is 0 Å². The Morgan fingerprint density at radius 1 is 1.10 bits per heavy atom. The van der Waals surface area contributed by atoms with Crippen molar-refractivity contribution < 1.29 is 27.9 Å². The summed E-state index contributed by atoms with van der Waals surface area (Å²) in [5, 5.41) is 0. The van der Waals surface area contributed by atoms with Crippen molar-refractivity contribution >= 4 is 32.3 Å². The van der Waals surface area contributed by atoms with Crippen LogP contribution in [0.1, 0.15) is 34.1 Å². The topological polar surface area (TPSA) is 71.1 Å². The summed E-state index contributed by atoms with van der Waals surface area (Å²) in [5.74, 6) is -0.848. The number of carbonyl (C=O) groups excluding carboxylic acids is 2. The lowest BCUT2D eigenvalue weighted by atomic mass is 9.81. The molecular formula is C22H34O6SSi. The first-order valence-corrected chi connectivity index (χ1v) is 13.3. The smallest absolute Gasteiger partial charge is 0.343 e. The van der Waals surface area contributed by atoms with Gasteiger partial charge in [-0.2, -0.15) is 0 Å². The van der Waals surface area contributed by atoms with Crippen molar-refractivity contribution in [3.63, 3.8) is 0 Å². The maximum atomic E-state index is 13.1. The minimum atomic E-state index is -2.70. The molecule has 0 spiro atoms. The van der Waals surface area contributed by atoms with E-state index in [1.807, 2.05) is 30.3 Å². The first-order chi connectivity index (χ1) is 14.2. The molecular weight excluding hydrogens is 420 g/mol. The summed E-state index contributed by atoms with van der Waals surface area (Å²) >= 11 is 1.57.